The number of hydrogen-bond donors (Lipinski definition) is 1. The molecule has 0 aliphatic carbocycles. The number of carbonyl (C=O) groups is 1. The van der Waals surface area contributed by atoms with E-state index in [1.807, 2.05) is 25.1 Å². The van der Waals surface area contributed by atoms with E-state index in [1.54, 1.807) is 6.92 Å². The van der Waals surface area contributed by atoms with Crippen LogP contribution in [0.25, 0.3) is 0 Å². The zero-order valence-electron chi connectivity index (χ0n) is 19.2. The zero-order chi connectivity index (χ0) is 21.8. The van der Waals surface area contributed by atoms with Gasteiger partial charge in [-0.1, -0.05) is 19.9 Å². The highest BCUT2D eigenvalue weighted by molar-refractivity contribution is 5.95. The van der Waals surface area contributed by atoms with Gasteiger partial charge in [-0.2, -0.15) is 0 Å². The van der Waals surface area contributed by atoms with Crippen molar-refractivity contribution < 1.29 is 9.53 Å². The lowest BCUT2D eigenvalue weighted by Crippen LogP contribution is -2.44. The lowest BCUT2D eigenvalue weighted by Gasteiger charge is -2.34. The van der Waals surface area contributed by atoms with Crippen molar-refractivity contribution in [3.8, 4) is 5.75 Å². The molecule has 0 aromatic heterocycles. The largest absolute Gasteiger partial charge is 0.481 e. The van der Waals surface area contributed by atoms with Gasteiger partial charge >= 0.3 is 0 Å². The minimum Gasteiger partial charge on any atom is -0.481 e. The Kier molecular flexibility index (Phi) is 7.03. The normalized spacial score (nSPS) is 15.9. The van der Waals surface area contributed by atoms with Crippen LogP contribution in [-0.4, -0.2) is 50.1 Å². The number of ether oxygens (including phenoxy) is 1. The molecule has 162 valence electrons. The third-order valence-corrected chi connectivity index (χ3v) is 5.88. The Bertz CT molecular complexity index is 886. The number of benzene rings is 2. The van der Waals surface area contributed by atoms with E-state index in [9.17, 15) is 4.79 Å². The van der Waals surface area contributed by atoms with Gasteiger partial charge in [-0.15, -0.1) is 0 Å². The number of nitrogens with one attached hydrogen (secondary N) is 1. The summed E-state index contributed by atoms with van der Waals surface area (Å²) in [7, 11) is 2.16. The summed E-state index contributed by atoms with van der Waals surface area (Å²) in [6.45, 7) is 14.5. The molecule has 5 heteroatoms. The minimum absolute atomic E-state index is 0.143. The quantitative estimate of drug-likeness (QED) is 0.758. The molecule has 1 heterocycles. The molecule has 1 fully saturated rings. The Morgan fingerprint density at radius 1 is 0.967 bits per heavy atom. The fourth-order valence-corrected chi connectivity index (χ4v) is 3.91. The van der Waals surface area contributed by atoms with Crippen LogP contribution in [0.3, 0.4) is 0 Å². The Balaban J connectivity index is 1.61. The number of hydrogen-bond acceptors (Lipinski definition) is 4. The van der Waals surface area contributed by atoms with Crippen molar-refractivity contribution in [2.45, 2.75) is 46.6 Å². The molecule has 1 amide bonds. The van der Waals surface area contributed by atoms with Crippen molar-refractivity contribution >= 4 is 17.3 Å². The van der Waals surface area contributed by atoms with Crippen LogP contribution in [0.4, 0.5) is 11.4 Å². The van der Waals surface area contributed by atoms with Crippen LogP contribution < -0.4 is 15.0 Å². The first kappa shape index (κ1) is 22.2. The van der Waals surface area contributed by atoms with E-state index in [1.165, 1.54) is 16.8 Å². The van der Waals surface area contributed by atoms with E-state index in [0.717, 1.165) is 43.2 Å². The number of anilines is 2. The lowest BCUT2D eigenvalue weighted by atomic mass is 9.98. The number of likely N-dealkylation sites (N-methyl/N-ethyl adjacent to an activating group) is 1. The van der Waals surface area contributed by atoms with Gasteiger partial charge in [-0.3, -0.25) is 4.79 Å². The monoisotopic (exact) mass is 409 g/mol. The van der Waals surface area contributed by atoms with E-state index in [0.29, 0.717) is 5.92 Å². The lowest BCUT2D eigenvalue weighted by molar-refractivity contribution is -0.122. The summed E-state index contributed by atoms with van der Waals surface area (Å²) in [5, 5.41) is 3.02. The van der Waals surface area contributed by atoms with Gasteiger partial charge in [-0.05, 0) is 80.8 Å². The van der Waals surface area contributed by atoms with E-state index >= 15 is 0 Å². The van der Waals surface area contributed by atoms with E-state index in [-0.39, 0.29) is 5.91 Å². The van der Waals surface area contributed by atoms with E-state index in [2.05, 4.69) is 61.1 Å². The molecular formula is C25H35N3O2. The summed E-state index contributed by atoms with van der Waals surface area (Å²) < 4.78 is 5.91. The maximum atomic E-state index is 12.7. The molecule has 5 nitrogen and oxygen atoms in total. The average molecular weight is 410 g/mol. The highest BCUT2D eigenvalue weighted by Crippen LogP contribution is 2.26. The van der Waals surface area contributed by atoms with Gasteiger partial charge in [0.15, 0.2) is 6.10 Å². The zero-order valence-corrected chi connectivity index (χ0v) is 19.2. The molecule has 2 aromatic rings. The summed E-state index contributed by atoms with van der Waals surface area (Å²) >= 11 is 0. The SMILES string of the molecule is Cc1cc(N2CCN(C)CC2)ccc1NC(=O)[C@H](C)Oc1ccc(C(C)C)c(C)c1. The Morgan fingerprint density at radius 3 is 2.27 bits per heavy atom. The first-order chi connectivity index (χ1) is 14.2. The predicted octanol–water partition coefficient (Wildman–Crippen LogP) is 4.58. The molecule has 0 radical (unpaired) electrons. The van der Waals surface area contributed by atoms with Gasteiger partial charge in [0.05, 0.1) is 0 Å². The number of aryl methyl sites for hydroxylation is 2. The Hall–Kier alpha value is -2.53. The fraction of sp³-hybridized carbons (Fsp3) is 0.480. The maximum Gasteiger partial charge on any atom is 0.265 e. The summed E-state index contributed by atoms with van der Waals surface area (Å²) in [6, 6.07) is 12.3. The predicted molar refractivity (Wildman–Crippen MR) is 125 cm³/mol. The second kappa shape index (κ2) is 9.52. The number of amides is 1. The van der Waals surface area contributed by atoms with Crippen LogP contribution in [-0.2, 0) is 4.79 Å². The molecule has 0 spiro atoms. The molecule has 1 aliphatic heterocycles. The number of rotatable bonds is 6. The first-order valence-corrected chi connectivity index (χ1v) is 10.9. The van der Waals surface area contributed by atoms with Crippen molar-refractivity contribution in [2.75, 3.05) is 43.4 Å². The summed E-state index contributed by atoms with van der Waals surface area (Å²) in [5.41, 5.74) is 5.59. The van der Waals surface area contributed by atoms with Gasteiger partial charge in [0.1, 0.15) is 5.75 Å². The van der Waals surface area contributed by atoms with Gasteiger partial charge in [0.2, 0.25) is 0 Å². The highest BCUT2D eigenvalue weighted by Gasteiger charge is 2.18. The topological polar surface area (TPSA) is 44.8 Å². The molecule has 1 atom stereocenters. The number of piperazine rings is 1. The van der Waals surface area contributed by atoms with Crippen molar-refractivity contribution in [2.24, 2.45) is 0 Å². The minimum atomic E-state index is -0.578. The summed E-state index contributed by atoms with van der Waals surface area (Å²) in [5.74, 6) is 1.05. The second-order valence-electron chi connectivity index (χ2n) is 8.71. The number of carbonyl (C=O) groups excluding carboxylic acids is 1. The van der Waals surface area contributed by atoms with Crippen molar-refractivity contribution in [1.82, 2.24) is 4.90 Å². The molecule has 1 saturated heterocycles. The molecule has 3 rings (SSSR count). The third-order valence-electron chi connectivity index (χ3n) is 5.88. The molecule has 30 heavy (non-hydrogen) atoms. The number of nitrogens with zero attached hydrogens (tertiary/aromatic N) is 2. The van der Waals surface area contributed by atoms with Crippen molar-refractivity contribution in [3.63, 3.8) is 0 Å². The molecule has 0 bridgehead atoms. The molecule has 0 saturated carbocycles. The van der Waals surface area contributed by atoms with Crippen molar-refractivity contribution in [1.29, 1.82) is 0 Å². The smallest absolute Gasteiger partial charge is 0.265 e. The third kappa shape index (κ3) is 5.33. The summed E-state index contributed by atoms with van der Waals surface area (Å²) in [6.07, 6.45) is -0.578. The second-order valence-corrected chi connectivity index (χ2v) is 8.71. The standard InChI is InChI=1S/C25H35N3O2/c1-17(2)23-9-8-22(16-18(23)3)30-20(5)25(29)26-24-10-7-21(15-19(24)4)28-13-11-27(6)12-14-28/h7-10,15-17,20H,11-14H2,1-6H3,(H,26,29)/t20-/m0/s1. The van der Waals surface area contributed by atoms with Crippen LogP contribution in [0.1, 0.15) is 43.4 Å². The van der Waals surface area contributed by atoms with Crippen LogP contribution in [0.2, 0.25) is 0 Å². The van der Waals surface area contributed by atoms with Gasteiger partial charge in [0.25, 0.3) is 5.91 Å². The summed E-state index contributed by atoms with van der Waals surface area (Å²) in [4.78, 5) is 17.4. The average Bonchev–Trinajstić information content (AvgIpc) is 2.69. The first-order valence-electron chi connectivity index (χ1n) is 10.9. The highest BCUT2D eigenvalue weighted by atomic mass is 16.5. The van der Waals surface area contributed by atoms with Crippen LogP contribution in [0, 0.1) is 13.8 Å². The molecule has 1 N–H and O–H groups in total. The van der Waals surface area contributed by atoms with Crippen molar-refractivity contribution in [3.05, 3.63) is 53.1 Å². The Labute approximate surface area is 181 Å². The van der Waals surface area contributed by atoms with Crippen LogP contribution in [0.15, 0.2) is 36.4 Å². The van der Waals surface area contributed by atoms with Crippen LogP contribution >= 0.6 is 0 Å². The van der Waals surface area contributed by atoms with Gasteiger partial charge in [-0.25, -0.2) is 0 Å². The van der Waals surface area contributed by atoms with Gasteiger partial charge in [0, 0.05) is 37.6 Å². The molecule has 1 aliphatic rings. The Morgan fingerprint density at radius 2 is 1.67 bits per heavy atom. The van der Waals surface area contributed by atoms with E-state index in [4.69, 9.17) is 4.74 Å². The van der Waals surface area contributed by atoms with Gasteiger partial charge < -0.3 is 19.9 Å². The molecule has 0 unspecified atom stereocenters. The fourth-order valence-electron chi connectivity index (χ4n) is 3.91. The molecular weight excluding hydrogens is 374 g/mol. The maximum absolute atomic E-state index is 12.7. The van der Waals surface area contributed by atoms with E-state index < -0.39 is 6.10 Å². The van der Waals surface area contributed by atoms with Crippen LogP contribution in [0.5, 0.6) is 5.75 Å². The molecule has 2 aromatic carbocycles.